The van der Waals surface area contributed by atoms with Crippen LogP contribution in [0.15, 0.2) is 54.0 Å². The summed E-state index contributed by atoms with van der Waals surface area (Å²) < 4.78 is 0. The number of aliphatic hydroxyl groups excluding tert-OH is 1. The number of amides is 3. The van der Waals surface area contributed by atoms with Crippen LogP contribution in [0.2, 0.25) is 0 Å². The Bertz CT molecular complexity index is 1400. The van der Waals surface area contributed by atoms with Gasteiger partial charge in [-0.05, 0) is 48.4 Å². The molecule has 8 nitrogen and oxygen atoms in total. The maximum atomic E-state index is 14.0. The number of aryl methyl sites for hydroxylation is 1. The summed E-state index contributed by atoms with van der Waals surface area (Å²) >= 11 is 1.60. The highest BCUT2D eigenvalue weighted by Crippen LogP contribution is 2.38. The average Bonchev–Trinajstić information content (AvgIpc) is 3.61. The first-order chi connectivity index (χ1) is 18.9. The molecule has 1 unspecified atom stereocenters. The van der Waals surface area contributed by atoms with Crippen molar-refractivity contribution in [2.75, 3.05) is 6.54 Å². The molecule has 3 amide bonds. The van der Waals surface area contributed by atoms with Gasteiger partial charge in [0, 0.05) is 31.6 Å². The van der Waals surface area contributed by atoms with Crippen molar-refractivity contribution in [3.63, 3.8) is 0 Å². The Morgan fingerprint density at radius 2 is 1.92 bits per heavy atom. The van der Waals surface area contributed by atoms with Crippen molar-refractivity contribution in [2.45, 2.75) is 63.9 Å². The van der Waals surface area contributed by atoms with Crippen LogP contribution < -0.4 is 5.32 Å². The number of hydrogen-bond donors (Lipinski definition) is 2. The third-order valence-corrected chi connectivity index (χ3v) is 9.31. The molecule has 3 aromatic rings. The standard InChI is InChI=1S/C30H32N4O4S/c1-18-27(39-17-32-18)21-11-9-19(10-12-21)14-31-28(36)25-13-23(35)16-33(25)30(38)26(20-6-4-7-20)34-15-22-5-2-3-8-24(22)29(34)37/h2-3,5,8-12,17,20,23,25-26,35H,4,6-7,13-16H2,1H3,(H,31,36)/t23-,25+,26?/m1/s1. The van der Waals surface area contributed by atoms with E-state index in [-0.39, 0.29) is 36.6 Å². The number of likely N-dealkylation sites (tertiary alicyclic amines) is 1. The van der Waals surface area contributed by atoms with E-state index in [1.165, 1.54) is 4.90 Å². The van der Waals surface area contributed by atoms with Gasteiger partial charge >= 0.3 is 0 Å². The minimum Gasteiger partial charge on any atom is -0.391 e. The Balaban J connectivity index is 1.15. The normalized spacial score (nSPS) is 21.5. The molecule has 2 aromatic carbocycles. The Kier molecular flexibility index (Phi) is 6.95. The summed E-state index contributed by atoms with van der Waals surface area (Å²) in [5.41, 5.74) is 6.41. The van der Waals surface area contributed by atoms with E-state index in [0.717, 1.165) is 46.5 Å². The second kappa shape index (κ2) is 10.5. The lowest BCUT2D eigenvalue weighted by Crippen LogP contribution is -2.57. The highest BCUT2D eigenvalue weighted by molar-refractivity contribution is 7.13. The van der Waals surface area contributed by atoms with Gasteiger partial charge in [-0.15, -0.1) is 11.3 Å². The molecule has 0 radical (unpaired) electrons. The van der Waals surface area contributed by atoms with Gasteiger partial charge in [0.1, 0.15) is 12.1 Å². The number of nitrogens with one attached hydrogen (secondary N) is 1. The summed E-state index contributed by atoms with van der Waals surface area (Å²) in [6.07, 6.45) is 2.19. The Hall–Kier alpha value is -3.56. The number of fused-ring (bicyclic) bond motifs is 1. The molecule has 2 N–H and O–H groups in total. The van der Waals surface area contributed by atoms with E-state index in [0.29, 0.717) is 18.7 Å². The number of thiazole rings is 1. The number of hydrogen-bond acceptors (Lipinski definition) is 6. The van der Waals surface area contributed by atoms with Gasteiger partial charge in [-0.2, -0.15) is 0 Å². The molecule has 1 aliphatic carbocycles. The van der Waals surface area contributed by atoms with Crippen LogP contribution in [0.25, 0.3) is 10.4 Å². The summed E-state index contributed by atoms with van der Waals surface area (Å²) in [5, 5.41) is 13.5. The predicted molar refractivity (Wildman–Crippen MR) is 148 cm³/mol. The topological polar surface area (TPSA) is 103 Å². The van der Waals surface area contributed by atoms with Crippen molar-refractivity contribution in [1.29, 1.82) is 0 Å². The maximum absolute atomic E-state index is 14.0. The molecule has 2 aliphatic heterocycles. The van der Waals surface area contributed by atoms with Crippen LogP contribution in [-0.4, -0.2) is 62.3 Å². The van der Waals surface area contributed by atoms with Crippen molar-refractivity contribution < 1.29 is 19.5 Å². The zero-order valence-corrected chi connectivity index (χ0v) is 22.7. The van der Waals surface area contributed by atoms with Crippen molar-refractivity contribution in [3.05, 3.63) is 76.4 Å². The number of β-amino-alcohol motifs (C(OH)–C–C–N with tert-alkyl or cyclic N) is 1. The van der Waals surface area contributed by atoms with Gasteiger partial charge in [0.15, 0.2) is 0 Å². The van der Waals surface area contributed by atoms with Gasteiger partial charge in [-0.1, -0.05) is 48.9 Å². The molecule has 0 bridgehead atoms. The second-order valence-corrected chi connectivity index (χ2v) is 11.7. The molecule has 6 rings (SSSR count). The quantitative estimate of drug-likeness (QED) is 0.474. The molecule has 202 valence electrons. The predicted octanol–water partition coefficient (Wildman–Crippen LogP) is 3.52. The van der Waals surface area contributed by atoms with E-state index in [2.05, 4.69) is 10.3 Å². The van der Waals surface area contributed by atoms with Crippen molar-refractivity contribution in [2.24, 2.45) is 5.92 Å². The van der Waals surface area contributed by atoms with Crippen LogP contribution in [0.3, 0.4) is 0 Å². The molecule has 9 heteroatoms. The van der Waals surface area contributed by atoms with Crippen LogP contribution >= 0.6 is 11.3 Å². The lowest BCUT2D eigenvalue weighted by Gasteiger charge is -2.41. The van der Waals surface area contributed by atoms with Crippen molar-refractivity contribution in [3.8, 4) is 10.4 Å². The van der Waals surface area contributed by atoms with E-state index in [1.54, 1.807) is 22.3 Å². The van der Waals surface area contributed by atoms with E-state index >= 15 is 0 Å². The first-order valence-corrected chi connectivity index (χ1v) is 14.4. The number of carbonyl (C=O) groups is 3. The fourth-order valence-corrected chi connectivity index (χ4v) is 6.79. The summed E-state index contributed by atoms with van der Waals surface area (Å²) in [5.74, 6) is -0.584. The smallest absolute Gasteiger partial charge is 0.255 e. The van der Waals surface area contributed by atoms with Crippen LogP contribution in [0, 0.1) is 12.8 Å². The van der Waals surface area contributed by atoms with Gasteiger partial charge < -0.3 is 20.2 Å². The molecule has 1 aromatic heterocycles. The van der Waals surface area contributed by atoms with E-state index < -0.39 is 18.2 Å². The van der Waals surface area contributed by atoms with Gasteiger partial charge in [0.25, 0.3) is 5.91 Å². The minimum atomic E-state index is -0.778. The minimum absolute atomic E-state index is 0.0675. The van der Waals surface area contributed by atoms with Crippen LogP contribution in [0.4, 0.5) is 0 Å². The molecular formula is C30H32N4O4S. The Morgan fingerprint density at radius 1 is 1.15 bits per heavy atom. The van der Waals surface area contributed by atoms with Crippen LogP contribution in [-0.2, 0) is 22.7 Å². The molecule has 3 atom stereocenters. The molecule has 39 heavy (non-hydrogen) atoms. The van der Waals surface area contributed by atoms with E-state index in [9.17, 15) is 19.5 Å². The number of nitrogens with zero attached hydrogens (tertiary/aromatic N) is 3. The van der Waals surface area contributed by atoms with Crippen molar-refractivity contribution >= 4 is 29.1 Å². The summed E-state index contributed by atoms with van der Waals surface area (Å²) in [6.45, 7) is 2.79. The number of rotatable bonds is 7. The largest absolute Gasteiger partial charge is 0.391 e. The molecule has 2 fully saturated rings. The molecule has 1 saturated heterocycles. The number of carbonyl (C=O) groups excluding carboxylic acids is 3. The fraction of sp³-hybridized carbons (Fsp3) is 0.400. The fourth-order valence-electron chi connectivity index (χ4n) is 5.98. The summed E-state index contributed by atoms with van der Waals surface area (Å²) in [4.78, 5) is 49.2. The molecular weight excluding hydrogens is 512 g/mol. The number of aliphatic hydroxyl groups is 1. The third kappa shape index (κ3) is 4.85. The zero-order valence-electron chi connectivity index (χ0n) is 21.9. The van der Waals surface area contributed by atoms with Crippen LogP contribution in [0.1, 0.15) is 52.9 Å². The van der Waals surface area contributed by atoms with E-state index in [4.69, 9.17) is 0 Å². The highest BCUT2D eigenvalue weighted by atomic mass is 32.1. The Labute approximate surface area is 231 Å². The van der Waals surface area contributed by atoms with Gasteiger partial charge in [0.05, 0.1) is 22.2 Å². The lowest BCUT2D eigenvalue weighted by molar-refractivity contribution is -0.144. The number of aromatic nitrogens is 1. The highest BCUT2D eigenvalue weighted by Gasteiger charge is 2.48. The summed E-state index contributed by atoms with van der Waals surface area (Å²) in [7, 11) is 0. The van der Waals surface area contributed by atoms with Gasteiger partial charge in [-0.3, -0.25) is 14.4 Å². The van der Waals surface area contributed by atoms with E-state index in [1.807, 2.05) is 54.9 Å². The SMILES string of the molecule is Cc1ncsc1-c1ccc(CNC(=O)[C@@H]2C[C@@H](O)CN2C(=O)C(C2CCC2)N2Cc3ccccc3C2=O)cc1. The second-order valence-electron chi connectivity index (χ2n) is 10.8. The molecule has 3 heterocycles. The van der Waals surface area contributed by atoms with Gasteiger partial charge in [-0.25, -0.2) is 4.98 Å². The lowest BCUT2D eigenvalue weighted by atomic mass is 9.78. The first kappa shape index (κ1) is 25.7. The number of benzene rings is 2. The first-order valence-electron chi connectivity index (χ1n) is 13.5. The molecule has 0 spiro atoms. The average molecular weight is 545 g/mol. The molecule has 3 aliphatic rings. The van der Waals surface area contributed by atoms with Gasteiger partial charge in [0.2, 0.25) is 11.8 Å². The molecule has 1 saturated carbocycles. The third-order valence-electron chi connectivity index (χ3n) is 8.33. The van der Waals surface area contributed by atoms with Crippen LogP contribution in [0.5, 0.6) is 0 Å². The summed E-state index contributed by atoms with van der Waals surface area (Å²) in [6, 6.07) is 14.1. The zero-order chi connectivity index (χ0) is 27.1. The Morgan fingerprint density at radius 3 is 2.59 bits per heavy atom. The van der Waals surface area contributed by atoms with Crippen molar-refractivity contribution in [1.82, 2.24) is 20.1 Å². The monoisotopic (exact) mass is 544 g/mol. The maximum Gasteiger partial charge on any atom is 0.255 e.